The van der Waals surface area contributed by atoms with Crippen molar-refractivity contribution in [2.24, 2.45) is 23.2 Å². The van der Waals surface area contributed by atoms with Gasteiger partial charge in [0.2, 0.25) is 5.91 Å². The normalized spacial score (nSPS) is 47.6. The molecular formula is C15H22N2O2. The monoisotopic (exact) mass is 262 g/mol. The Bertz CT molecular complexity index is 410. The van der Waals surface area contributed by atoms with Crippen LogP contribution in [0.4, 0.5) is 4.79 Å². The van der Waals surface area contributed by atoms with Gasteiger partial charge in [-0.1, -0.05) is 0 Å². The largest absolute Gasteiger partial charge is 0.333 e. The third-order valence-electron chi connectivity index (χ3n) is 6.11. The maximum absolute atomic E-state index is 11.9. The molecule has 5 fully saturated rings. The van der Waals surface area contributed by atoms with Gasteiger partial charge in [0.15, 0.2) is 0 Å². The zero-order valence-electron chi connectivity index (χ0n) is 11.5. The lowest BCUT2D eigenvalue weighted by Gasteiger charge is -2.58. The second-order valence-corrected chi connectivity index (χ2v) is 7.41. The molecule has 4 nitrogen and oxygen atoms in total. The predicted octanol–water partition coefficient (Wildman–Crippen LogP) is 2.14. The lowest BCUT2D eigenvalue weighted by Crippen LogP contribution is -2.55. The van der Waals surface area contributed by atoms with Gasteiger partial charge in [0.1, 0.15) is 0 Å². The van der Waals surface area contributed by atoms with Crippen LogP contribution < -0.4 is 5.32 Å². The first-order valence-corrected chi connectivity index (χ1v) is 7.64. The number of urea groups is 1. The molecule has 0 aromatic carbocycles. The molecule has 0 aromatic rings. The van der Waals surface area contributed by atoms with E-state index >= 15 is 0 Å². The molecule has 0 unspecified atom stereocenters. The predicted molar refractivity (Wildman–Crippen MR) is 70.3 cm³/mol. The average molecular weight is 262 g/mol. The summed E-state index contributed by atoms with van der Waals surface area (Å²) in [7, 11) is 0. The summed E-state index contributed by atoms with van der Waals surface area (Å²) in [4.78, 5) is 24.8. The van der Waals surface area contributed by atoms with Crippen molar-refractivity contribution >= 4 is 11.9 Å². The van der Waals surface area contributed by atoms with Gasteiger partial charge in [-0.15, -0.1) is 0 Å². The van der Waals surface area contributed by atoms with Gasteiger partial charge in [0.25, 0.3) is 0 Å². The first-order valence-electron chi connectivity index (χ1n) is 7.64. The van der Waals surface area contributed by atoms with E-state index in [1.165, 1.54) is 50.3 Å². The number of rotatable bonds is 1. The molecule has 5 aliphatic rings. The highest BCUT2D eigenvalue weighted by molar-refractivity contribution is 5.95. The van der Waals surface area contributed by atoms with E-state index in [0.717, 1.165) is 17.8 Å². The van der Waals surface area contributed by atoms with Crippen LogP contribution in [0, 0.1) is 23.2 Å². The second kappa shape index (κ2) is 3.74. The number of carbonyl (C=O) groups excluding carboxylic acids is 2. The highest BCUT2D eigenvalue weighted by Crippen LogP contribution is 2.61. The zero-order chi connectivity index (χ0) is 13.2. The van der Waals surface area contributed by atoms with Crippen molar-refractivity contribution in [3.05, 3.63) is 0 Å². The Hall–Kier alpha value is -1.06. The Morgan fingerprint density at radius 1 is 1.16 bits per heavy atom. The van der Waals surface area contributed by atoms with Crippen molar-refractivity contribution in [2.45, 2.75) is 51.5 Å². The average Bonchev–Trinajstić information content (AvgIpc) is 2.70. The molecule has 4 aliphatic carbocycles. The summed E-state index contributed by atoms with van der Waals surface area (Å²) in [6.45, 7) is 2.09. The molecule has 0 aromatic heterocycles. The van der Waals surface area contributed by atoms with Gasteiger partial charge >= 0.3 is 6.03 Å². The summed E-state index contributed by atoms with van der Waals surface area (Å²) < 4.78 is 0. The van der Waals surface area contributed by atoms with Crippen molar-refractivity contribution in [1.29, 1.82) is 0 Å². The van der Waals surface area contributed by atoms with E-state index in [4.69, 9.17) is 0 Å². The lowest BCUT2D eigenvalue weighted by molar-refractivity contribution is -0.126. The second-order valence-electron chi connectivity index (χ2n) is 7.41. The quantitative estimate of drug-likeness (QED) is 0.787. The number of hydrogen-bond acceptors (Lipinski definition) is 2. The van der Waals surface area contributed by atoms with E-state index in [9.17, 15) is 9.59 Å². The van der Waals surface area contributed by atoms with Crippen molar-refractivity contribution in [1.82, 2.24) is 10.2 Å². The van der Waals surface area contributed by atoms with Crippen LogP contribution >= 0.6 is 0 Å². The van der Waals surface area contributed by atoms with Crippen LogP contribution in [0.1, 0.15) is 45.4 Å². The van der Waals surface area contributed by atoms with Crippen LogP contribution in [0.2, 0.25) is 0 Å². The van der Waals surface area contributed by atoms with Crippen molar-refractivity contribution < 1.29 is 9.59 Å². The van der Waals surface area contributed by atoms with E-state index in [1.54, 1.807) is 0 Å². The standard InChI is InChI=1S/C15H22N2O2/c1-9(18)17-8-13(16-14(17)19)15-5-10-2-11(6-15)4-12(3-10)7-15/h10-13H,2-8H2,1H3,(H,16,19)/t10?,11?,12?,13-,15?/m0/s1. The number of imide groups is 1. The molecule has 104 valence electrons. The maximum Gasteiger partial charge on any atom is 0.324 e. The van der Waals surface area contributed by atoms with Gasteiger partial charge in [0, 0.05) is 6.92 Å². The highest BCUT2D eigenvalue weighted by Gasteiger charge is 2.56. The van der Waals surface area contributed by atoms with Gasteiger partial charge in [0.05, 0.1) is 12.6 Å². The minimum Gasteiger partial charge on any atom is -0.333 e. The number of amides is 3. The summed E-state index contributed by atoms with van der Waals surface area (Å²) in [6, 6.07) is 0.0329. The molecule has 4 heteroatoms. The fraction of sp³-hybridized carbons (Fsp3) is 0.867. The summed E-state index contributed by atoms with van der Waals surface area (Å²) >= 11 is 0. The molecular weight excluding hydrogens is 240 g/mol. The van der Waals surface area contributed by atoms with Gasteiger partial charge < -0.3 is 5.32 Å². The Morgan fingerprint density at radius 3 is 2.11 bits per heavy atom. The van der Waals surface area contributed by atoms with E-state index in [1.807, 2.05) is 0 Å². The molecule has 4 bridgehead atoms. The van der Waals surface area contributed by atoms with Gasteiger partial charge in [-0.05, 0) is 61.7 Å². The van der Waals surface area contributed by atoms with Crippen LogP contribution in [0.5, 0.6) is 0 Å². The van der Waals surface area contributed by atoms with E-state index in [-0.39, 0.29) is 18.0 Å². The van der Waals surface area contributed by atoms with Crippen molar-refractivity contribution in [3.8, 4) is 0 Å². The Morgan fingerprint density at radius 2 is 1.68 bits per heavy atom. The molecule has 0 spiro atoms. The van der Waals surface area contributed by atoms with Gasteiger partial charge in [-0.25, -0.2) is 4.79 Å². The van der Waals surface area contributed by atoms with Crippen molar-refractivity contribution in [2.75, 3.05) is 6.54 Å². The summed E-state index contributed by atoms with van der Waals surface area (Å²) in [5.74, 6) is 2.53. The Balaban J connectivity index is 1.59. The molecule has 1 N–H and O–H groups in total. The summed E-state index contributed by atoms with van der Waals surface area (Å²) in [5, 5.41) is 3.11. The minimum absolute atomic E-state index is 0.121. The molecule has 1 atom stereocenters. The van der Waals surface area contributed by atoms with Crippen LogP contribution in [-0.2, 0) is 4.79 Å². The molecule has 3 amide bonds. The molecule has 5 rings (SSSR count). The smallest absolute Gasteiger partial charge is 0.324 e. The summed E-state index contributed by atoms with van der Waals surface area (Å²) in [6.07, 6.45) is 8.06. The molecule has 1 heterocycles. The maximum atomic E-state index is 11.9. The zero-order valence-corrected chi connectivity index (χ0v) is 11.5. The number of nitrogens with zero attached hydrogens (tertiary/aromatic N) is 1. The molecule has 0 radical (unpaired) electrons. The molecule has 1 saturated heterocycles. The van der Waals surface area contributed by atoms with Crippen LogP contribution in [-0.4, -0.2) is 29.4 Å². The topological polar surface area (TPSA) is 49.4 Å². The molecule has 4 saturated carbocycles. The van der Waals surface area contributed by atoms with Crippen LogP contribution in [0.25, 0.3) is 0 Å². The van der Waals surface area contributed by atoms with E-state index < -0.39 is 0 Å². The van der Waals surface area contributed by atoms with E-state index in [2.05, 4.69) is 5.32 Å². The van der Waals surface area contributed by atoms with E-state index in [0.29, 0.717) is 12.0 Å². The van der Waals surface area contributed by atoms with Gasteiger partial charge in [-0.3, -0.25) is 9.69 Å². The fourth-order valence-electron chi connectivity index (χ4n) is 5.76. The lowest BCUT2D eigenvalue weighted by atomic mass is 9.48. The molecule has 1 aliphatic heterocycles. The first-order chi connectivity index (χ1) is 9.06. The SMILES string of the molecule is CC(=O)N1C[C@@H](C23CC4CC(CC(C4)C2)C3)NC1=O. The van der Waals surface area contributed by atoms with Crippen LogP contribution in [0.15, 0.2) is 0 Å². The Labute approximate surface area is 113 Å². The van der Waals surface area contributed by atoms with Crippen LogP contribution in [0.3, 0.4) is 0 Å². The fourth-order valence-corrected chi connectivity index (χ4v) is 5.76. The third-order valence-corrected chi connectivity index (χ3v) is 6.11. The molecule has 19 heavy (non-hydrogen) atoms. The number of nitrogens with one attached hydrogen (secondary N) is 1. The van der Waals surface area contributed by atoms with Crippen molar-refractivity contribution in [3.63, 3.8) is 0 Å². The highest BCUT2D eigenvalue weighted by atomic mass is 16.2. The minimum atomic E-state index is -0.173. The Kier molecular flexibility index (Phi) is 2.31. The third kappa shape index (κ3) is 1.65. The summed E-state index contributed by atoms with van der Waals surface area (Å²) in [5.41, 5.74) is 0.300. The number of hydrogen-bond donors (Lipinski definition) is 1. The van der Waals surface area contributed by atoms with Gasteiger partial charge in [-0.2, -0.15) is 0 Å². The number of carbonyl (C=O) groups is 2. The first kappa shape index (κ1) is 11.7.